The fraction of sp³-hybridized carbons (Fsp3) is 0.400. The highest BCUT2D eigenvalue weighted by Crippen LogP contribution is 2.39. The van der Waals surface area contributed by atoms with E-state index in [-0.39, 0.29) is 0 Å². The molecule has 0 bridgehead atoms. The molecule has 1 aromatic heterocycles. The molecule has 0 aliphatic carbocycles. The molecule has 0 spiro atoms. The van der Waals surface area contributed by atoms with Crippen molar-refractivity contribution in [2.75, 3.05) is 19.5 Å². The lowest BCUT2D eigenvalue weighted by molar-refractivity contribution is 0.336. The van der Waals surface area contributed by atoms with Crippen molar-refractivity contribution >= 4 is 16.5 Å². The van der Waals surface area contributed by atoms with E-state index in [4.69, 9.17) is 15.2 Å². The smallest absolute Gasteiger partial charge is 0.180 e. The van der Waals surface area contributed by atoms with Gasteiger partial charge in [-0.2, -0.15) is 0 Å². The average molecular weight is 292 g/mol. The van der Waals surface area contributed by atoms with E-state index in [2.05, 4.69) is 11.9 Å². The number of rotatable bonds is 5. The molecule has 1 aromatic carbocycles. The van der Waals surface area contributed by atoms with Crippen molar-refractivity contribution in [3.05, 3.63) is 22.6 Å². The maximum absolute atomic E-state index is 5.85. The zero-order valence-electron chi connectivity index (χ0n) is 12.3. The molecule has 0 amide bonds. The van der Waals surface area contributed by atoms with Crippen LogP contribution in [-0.4, -0.2) is 18.7 Å². The Balaban J connectivity index is 2.61. The van der Waals surface area contributed by atoms with E-state index in [1.54, 1.807) is 7.11 Å². The molecule has 2 N–H and O–H groups in total. The molecule has 5 heteroatoms. The van der Waals surface area contributed by atoms with Crippen molar-refractivity contribution in [2.24, 2.45) is 0 Å². The van der Waals surface area contributed by atoms with Crippen molar-refractivity contribution in [3.8, 4) is 22.8 Å². The quantitative estimate of drug-likeness (QED) is 0.913. The predicted octanol–water partition coefficient (Wildman–Crippen LogP) is 3.67. The number of methoxy groups -OCH3 is 1. The highest BCUT2D eigenvalue weighted by atomic mass is 32.1. The first-order valence-electron chi connectivity index (χ1n) is 6.67. The van der Waals surface area contributed by atoms with Crippen LogP contribution in [0.3, 0.4) is 0 Å². The Morgan fingerprint density at radius 3 is 2.60 bits per heavy atom. The number of aryl methyl sites for hydroxylation is 2. The van der Waals surface area contributed by atoms with Crippen molar-refractivity contribution in [1.29, 1.82) is 0 Å². The summed E-state index contributed by atoms with van der Waals surface area (Å²) >= 11 is 1.52. The van der Waals surface area contributed by atoms with Crippen LogP contribution < -0.4 is 15.2 Å². The molecule has 4 nitrogen and oxygen atoms in total. The van der Waals surface area contributed by atoms with Crippen LogP contribution in [-0.2, 0) is 6.42 Å². The Hall–Kier alpha value is -1.75. The first-order valence-corrected chi connectivity index (χ1v) is 7.49. The normalized spacial score (nSPS) is 10.6. The SMILES string of the molecule is CCOc1cc(-c2nc(N)sc2CC)c(OC)cc1C. The molecule has 0 aliphatic rings. The zero-order valence-corrected chi connectivity index (χ0v) is 13.1. The monoisotopic (exact) mass is 292 g/mol. The van der Waals surface area contributed by atoms with Crippen molar-refractivity contribution in [3.63, 3.8) is 0 Å². The fourth-order valence-electron chi connectivity index (χ4n) is 2.15. The lowest BCUT2D eigenvalue weighted by atomic mass is 10.1. The largest absolute Gasteiger partial charge is 0.496 e. The van der Waals surface area contributed by atoms with Gasteiger partial charge in [-0.05, 0) is 38.0 Å². The Morgan fingerprint density at radius 2 is 2.00 bits per heavy atom. The Morgan fingerprint density at radius 1 is 1.25 bits per heavy atom. The van der Waals surface area contributed by atoms with Crippen molar-refractivity contribution in [1.82, 2.24) is 4.98 Å². The van der Waals surface area contributed by atoms with E-state index in [1.165, 1.54) is 11.3 Å². The van der Waals surface area contributed by atoms with E-state index in [0.29, 0.717) is 11.7 Å². The number of hydrogen-bond acceptors (Lipinski definition) is 5. The van der Waals surface area contributed by atoms with Gasteiger partial charge in [0, 0.05) is 10.4 Å². The molecule has 0 saturated carbocycles. The third-order valence-electron chi connectivity index (χ3n) is 3.09. The molecule has 20 heavy (non-hydrogen) atoms. The molecule has 0 atom stereocenters. The number of hydrogen-bond donors (Lipinski definition) is 1. The van der Waals surface area contributed by atoms with Gasteiger partial charge >= 0.3 is 0 Å². The fourth-order valence-corrected chi connectivity index (χ4v) is 2.93. The summed E-state index contributed by atoms with van der Waals surface area (Å²) in [6.45, 7) is 6.71. The maximum atomic E-state index is 5.85. The van der Waals surface area contributed by atoms with Crippen molar-refractivity contribution in [2.45, 2.75) is 27.2 Å². The number of anilines is 1. The van der Waals surface area contributed by atoms with Gasteiger partial charge in [0.05, 0.1) is 19.4 Å². The molecular weight excluding hydrogens is 272 g/mol. The number of benzene rings is 1. The lowest BCUT2D eigenvalue weighted by Gasteiger charge is -2.13. The van der Waals surface area contributed by atoms with Gasteiger partial charge in [-0.3, -0.25) is 0 Å². The molecule has 0 fully saturated rings. The molecular formula is C15H20N2O2S. The summed E-state index contributed by atoms with van der Waals surface area (Å²) in [7, 11) is 1.67. The minimum Gasteiger partial charge on any atom is -0.496 e. The minimum absolute atomic E-state index is 0.581. The van der Waals surface area contributed by atoms with Gasteiger partial charge < -0.3 is 15.2 Å². The molecule has 0 saturated heterocycles. The number of ether oxygens (including phenoxy) is 2. The van der Waals surface area contributed by atoms with Gasteiger partial charge in [0.1, 0.15) is 11.5 Å². The maximum Gasteiger partial charge on any atom is 0.180 e. The third-order valence-corrected chi connectivity index (χ3v) is 4.12. The van der Waals surface area contributed by atoms with E-state index in [1.807, 2.05) is 26.0 Å². The van der Waals surface area contributed by atoms with Gasteiger partial charge in [0.2, 0.25) is 0 Å². The predicted molar refractivity (Wildman–Crippen MR) is 83.8 cm³/mol. The van der Waals surface area contributed by atoms with Gasteiger partial charge in [-0.15, -0.1) is 11.3 Å². The Bertz CT molecular complexity index is 608. The van der Waals surface area contributed by atoms with Crippen LogP contribution in [0.25, 0.3) is 11.3 Å². The van der Waals surface area contributed by atoms with Crippen LogP contribution in [0.5, 0.6) is 11.5 Å². The van der Waals surface area contributed by atoms with Gasteiger partial charge in [-0.1, -0.05) is 6.92 Å². The third kappa shape index (κ3) is 2.72. The van der Waals surface area contributed by atoms with Crippen LogP contribution in [0, 0.1) is 6.92 Å². The summed E-state index contributed by atoms with van der Waals surface area (Å²) in [5.74, 6) is 1.66. The number of nitrogens with zero attached hydrogens (tertiary/aromatic N) is 1. The second kappa shape index (κ2) is 6.13. The Kier molecular flexibility index (Phi) is 4.49. The topological polar surface area (TPSA) is 57.4 Å². The number of nitrogens with two attached hydrogens (primary N) is 1. The molecule has 1 heterocycles. The standard InChI is InChI=1S/C15H20N2O2S/c1-5-13-14(17-15(16)20-13)10-8-11(19-6-2)9(3)7-12(10)18-4/h7-8H,5-6H2,1-4H3,(H2,16,17). The zero-order chi connectivity index (χ0) is 14.7. The van der Waals surface area contributed by atoms with E-state index in [9.17, 15) is 0 Å². The van der Waals surface area contributed by atoms with E-state index < -0.39 is 0 Å². The molecule has 2 rings (SSSR count). The first kappa shape index (κ1) is 14.7. The summed E-state index contributed by atoms with van der Waals surface area (Å²) < 4.78 is 11.2. The van der Waals surface area contributed by atoms with Crippen LogP contribution in [0.1, 0.15) is 24.3 Å². The first-order chi connectivity index (χ1) is 9.60. The molecule has 0 unspecified atom stereocenters. The number of thiazole rings is 1. The number of aromatic nitrogens is 1. The number of nitrogen functional groups attached to an aromatic ring is 1. The second-order valence-electron chi connectivity index (χ2n) is 4.43. The highest BCUT2D eigenvalue weighted by Gasteiger charge is 2.17. The van der Waals surface area contributed by atoms with Crippen LogP contribution in [0.4, 0.5) is 5.13 Å². The summed E-state index contributed by atoms with van der Waals surface area (Å²) in [5.41, 5.74) is 8.73. The van der Waals surface area contributed by atoms with Crippen molar-refractivity contribution < 1.29 is 9.47 Å². The molecule has 2 aromatic rings. The lowest BCUT2D eigenvalue weighted by Crippen LogP contribution is -1.98. The second-order valence-corrected chi connectivity index (χ2v) is 5.54. The van der Waals surface area contributed by atoms with Gasteiger partial charge in [0.25, 0.3) is 0 Å². The highest BCUT2D eigenvalue weighted by molar-refractivity contribution is 7.15. The summed E-state index contributed by atoms with van der Waals surface area (Å²) in [6, 6.07) is 3.97. The van der Waals surface area contributed by atoms with Gasteiger partial charge in [0.15, 0.2) is 5.13 Å². The summed E-state index contributed by atoms with van der Waals surface area (Å²) in [5, 5.41) is 0.581. The summed E-state index contributed by atoms with van der Waals surface area (Å²) in [6.07, 6.45) is 0.894. The van der Waals surface area contributed by atoms with Gasteiger partial charge in [-0.25, -0.2) is 4.98 Å². The molecule has 0 radical (unpaired) electrons. The van der Waals surface area contributed by atoms with E-state index >= 15 is 0 Å². The summed E-state index contributed by atoms with van der Waals surface area (Å²) in [4.78, 5) is 5.61. The molecule has 108 valence electrons. The molecule has 0 aliphatic heterocycles. The van der Waals surface area contributed by atoms with Crippen LogP contribution in [0.2, 0.25) is 0 Å². The minimum atomic E-state index is 0.581. The van der Waals surface area contributed by atoms with Crippen LogP contribution in [0.15, 0.2) is 12.1 Å². The Labute approximate surface area is 123 Å². The van der Waals surface area contributed by atoms with Crippen LogP contribution >= 0.6 is 11.3 Å². The average Bonchev–Trinajstić information content (AvgIpc) is 2.81. The van der Waals surface area contributed by atoms with E-state index in [0.717, 1.165) is 39.6 Å².